The van der Waals surface area contributed by atoms with Crippen LogP contribution in [0, 0.1) is 5.92 Å². The van der Waals surface area contributed by atoms with Crippen molar-refractivity contribution < 1.29 is 9.26 Å². The highest BCUT2D eigenvalue weighted by Gasteiger charge is 2.41. The van der Waals surface area contributed by atoms with E-state index in [1.165, 1.54) is 6.42 Å². The maximum absolute atomic E-state index is 5.95. The van der Waals surface area contributed by atoms with Gasteiger partial charge in [0.1, 0.15) is 5.60 Å². The van der Waals surface area contributed by atoms with Crippen LogP contribution in [-0.4, -0.2) is 17.3 Å². The smallest absolute Gasteiger partial charge is 0.243 e. The maximum atomic E-state index is 5.95. The molecule has 0 spiro atoms. The third kappa shape index (κ3) is 2.87. The molecule has 0 aliphatic heterocycles. The van der Waals surface area contributed by atoms with Crippen LogP contribution in [0.1, 0.15) is 56.8 Å². The fourth-order valence-corrected chi connectivity index (χ4v) is 2.83. The Bertz CT molecular complexity index is 432. The molecule has 19 heavy (non-hydrogen) atoms. The summed E-state index contributed by atoms with van der Waals surface area (Å²) in [5.74, 6) is 1.71. The molecule has 3 unspecified atom stereocenters. The fraction of sp³-hybridized carbons (Fsp3) is 0.714. The van der Waals surface area contributed by atoms with Crippen molar-refractivity contribution in [1.29, 1.82) is 0 Å². The van der Waals surface area contributed by atoms with Gasteiger partial charge in [0.05, 0.1) is 6.04 Å². The van der Waals surface area contributed by atoms with E-state index in [-0.39, 0.29) is 6.04 Å². The van der Waals surface area contributed by atoms with Gasteiger partial charge in [-0.3, -0.25) is 0 Å². The Morgan fingerprint density at radius 1 is 1.68 bits per heavy atom. The minimum atomic E-state index is -0.409. The molecule has 106 valence electrons. The van der Waals surface area contributed by atoms with Gasteiger partial charge in [0.2, 0.25) is 11.7 Å². The number of ether oxygens (including phenoxy) is 1. The average Bonchev–Trinajstić information content (AvgIpc) is 2.89. The normalized spacial score (nSPS) is 29.1. The number of nitrogens with zero attached hydrogens (tertiary/aromatic N) is 2. The summed E-state index contributed by atoms with van der Waals surface area (Å²) in [6.07, 6.45) is 6.59. The van der Waals surface area contributed by atoms with Crippen molar-refractivity contribution in [1.82, 2.24) is 10.1 Å². The molecule has 5 heteroatoms. The van der Waals surface area contributed by atoms with Gasteiger partial charge >= 0.3 is 0 Å². The third-order valence-corrected chi connectivity index (χ3v) is 3.93. The van der Waals surface area contributed by atoms with Gasteiger partial charge in [0.15, 0.2) is 0 Å². The Labute approximate surface area is 114 Å². The molecule has 1 heterocycles. The Morgan fingerprint density at radius 3 is 3.11 bits per heavy atom. The second kappa shape index (κ2) is 5.84. The summed E-state index contributed by atoms with van der Waals surface area (Å²) >= 11 is 0. The largest absolute Gasteiger partial charge is 0.370 e. The lowest BCUT2D eigenvalue weighted by atomic mass is 9.78. The summed E-state index contributed by atoms with van der Waals surface area (Å²) in [5, 5.41) is 4.10. The number of rotatable bonds is 5. The Hall–Kier alpha value is -1.20. The summed E-state index contributed by atoms with van der Waals surface area (Å²) in [6.45, 7) is 5.90. The lowest BCUT2D eigenvalue weighted by molar-refractivity contribution is -0.0658. The molecular formula is C14H23N3O2. The first-order chi connectivity index (χ1) is 9.11. The Balaban J connectivity index is 2.21. The Morgan fingerprint density at radius 2 is 2.47 bits per heavy atom. The minimum Gasteiger partial charge on any atom is -0.370 e. The summed E-state index contributed by atoms with van der Waals surface area (Å²) in [5.41, 5.74) is 5.54. The van der Waals surface area contributed by atoms with Crippen LogP contribution in [0.3, 0.4) is 0 Å². The molecule has 1 aromatic heterocycles. The lowest BCUT2D eigenvalue weighted by Gasteiger charge is -2.36. The predicted octanol–water partition coefficient (Wildman–Crippen LogP) is 2.70. The van der Waals surface area contributed by atoms with Crippen molar-refractivity contribution in [3.63, 3.8) is 0 Å². The molecule has 1 saturated carbocycles. The van der Waals surface area contributed by atoms with E-state index in [2.05, 4.69) is 23.6 Å². The van der Waals surface area contributed by atoms with Gasteiger partial charge in [0, 0.05) is 7.11 Å². The van der Waals surface area contributed by atoms with E-state index in [4.69, 9.17) is 15.0 Å². The maximum Gasteiger partial charge on any atom is 0.243 e. The summed E-state index contributed by atoms with van der Waals surface area (Å²) < 4.78 is 11.0. The van der Waals surface area contributed by atoms with Gasteiger partial charge < -0.3 is 15.0 Å². The standard InChI is InChI=1S/C14H23N3O2/c1-4-6-11(15)12-16-13(17-19-12)14(18-3)8-5-7-10(2)9-14/h4,10-11H,1,5-9,15H2,2-3H3. The topological polar surface area (TPSA) is 74.2 Å². The van der Waals surface area contributed by atoms with Crippen molar-refractivity contribution in [2.45, 2.75) is 50.7 Å². The predicted molar refractivity (Wildman–Crippen MR) is 72.4 cm³/mol. The van der Waals surface area contributed by atoms with Gasteiger partial charge in [-0.15, -0.1) is 6.58 Å². The van der Waals surface area contributed by atoms with E-state index in [1.807, 2.05) is 0 Å². The first kappa shape index (κ1) is 14.2. The van der Waals surface area contributed by atoms with Crippen molar-refractivity contribution in [3.8, 4) is 0 Å². The molecule has 0 bridgehead atoms. The van der Waals surface area contributed by atoms with Crippen LogP contribution < -0.4 is 5.73 Å². The van der Waals surface area contributed by atoms with Crippen LogP contribution in [-0.2, 0) is 10.3 Å². The minimum absolute atomic E-state index is 0.284. The van der Waals surface area contributed by atoms with E-state index < -0.39 is 5.60 Å². The van der Waals surface area contributed by atoms with Gasteiger partial charge in [-0.25, -0.2) is 0 Å². The SMILES string of the molecule is C=CCC(N)c1nc(C2(OC)CCCC(C)C2)no1. The zero-order valence-electron chi connectivity index (χ0n) is 11.8. The molecule has 0 aromatic carbocycles. The second-order valence-corrected chi connectivity index (χ2v) is 5.49. The highest BCUT2D eigenvalue weighted by Crippen LogP contribution is 2.41. The number of aromatic nitrogens is 2. The molecule has 1 fully saturated rings. The molecule has 0 radical (unpaired) electrons. The number of hydrogen-bond acceptors (Lipinski definition) is 5. The fourth-order valence-electron chi connectivity index (χ4n) is 2.83. The van der Waals surface area contributed by atoms with Crippen LogP contribution in [0.5, 0.6) is 0 Å². The van der Waals surface area contributed by atoms with Crippen LogP contribution in [0.4, 0.5) is 0 Å². The van der Waals surface area contributed by atoms with E-state index in [9.17, 15) is 0 Å². The van der Waals surface area contributed by atoms with E-state index in [1.54, 1.807) is 13.2 Å². The first-order valence-electron chi connectivity index (χ1n) is 6.87. The zero-order chi connectivity index (χ0) is 13.9. The molecule has 3 atom stereocenters. The number of methoxy groups -OCH3 is 1. The van der Waals surface area contributed by atoms with E-state index in [0.717, 1.165) is 19.3 Å². The lowest BCUT2D eigenvalue weighted by Crippen LogP contribution is -2.35. The zero-order valence-corrected chi connectivity index (χ0v) is 11.8. The Kier molecular flexibility index (Phi) is 4.37. The van der Waals surface area contributed by atoms with Gasteiger partial charge in [-0.2, -0.15) is 4.98 Å². The molecular weight excluding hydrogens is 242 g/mol. The quantitative estimate of drug-likeness (QED) is 0.828. The molecule has 2 N–H and O–H groups in total. The highest BCUT2D eigenvalue weighted by atomic mass is 16.5. The van der Waals surface area contributed by atoms with Crippen molar-refractivity contribution >= 4 is 0 Å². The van der Waals surface area contributed by atoms with E-state index in [0.29, 0.717) is 24.1 Å². The van der Waals surface area contributed by atoms with Crippen LogP contribution in [0.25, 0.3) is 0 Å². The van der Waals surface area contributed by atoms with Crippen molar-refractivity contribution in [2.24, 2.45) is 11.7 Å². The molecule has 1 aromatic rings. The average molecular weight is 265 g/mol. The highest BCUT2D eigenvalue weighted by molar-refractivity contribution is 5.06. The summed E-state index contributed by atoms with van der Waals surface area (Å²) in [7, 11) is 1.72. The monoisotopic (exact) mass is 265 g/mol. The van der Waals surface area contributed by atoms with Gasteiger partial charge in [0.25, 0.3) is 0 Å². The first-order valence-corrected chi connectivity index (χ1v) is 6.87. The molecule has 1 aliphatic rings. The number of nitrogens with two attached hydrogens (primary N) is 1. The molecule has 5 nitrogen and oxygen atoms in total. The molecule has 0 amide bonds. The van der Waals surface area contributed by atoms with Crippen LogP contribution in [0.15, 0.2) is 17.2 Å². The van der Waals surface area contributed by atoms with Crippen molar-refractivity contribution in [3.05, 3.63) is 24.4 Å². The van der Waals surface area contributed by atoms with E-state index >= 15 is 0 Å². The van der Waals surface area contributed by atoms with Crippen LogP contribution >= 0.6 is 0 Å². The summed E-state index contributed by atoms with van der Waals surface area (Å²) in [6, 6.07) is -0.284. The molecule has 0 saturated heterocycles. The van der Waals surface area contributed by atoms with Crippen LogP contribution in [0.2, 0.25) is 0 Å². The second-order valence-electron chi connectivity index (χ2n) is 5.49. The van der Waals surface area contributed by atoms with Gasteiger partial charge in [-0.1, -0.05) is 24.6 Å². The molecule has 1 aliphatic carbocycles. The third-order valence-electron chi connectivity index (χ3n) is 3.93. The van der Waals surface area contributed by atoms with Gasteiger partial charge in [-0.05, 0) is 31.6 Å². The van der Waals surface area contributed by atoms with Crippen molar-refractivity contribution in [2.75, 3.05) is 7.11 Å². The summed E-state index contributed by atoms with van der Waals surface area (Å²) in [4.78, 5) is 4.45. The molecule has 2 rings (SSSR count). The number of hydrogen-bond donors (Lipinski definition) is 1.